The number of nitrogens with two attached hydrogens (primary N) is 1. The normalized spacial score (nSPS) is 11.2. The van der Waals surface area contributed by atoms with Gasteiger partial charge in [-0.1, -0.05) is 52.3 Å². The number of nitrogen functional groups attached to an aromatic ring is 1. The summed E-state index contributed by atoms with van der Waals surface area (Å²) in [5, 5.41) is 0. The Bertz CT molecular complexity index is 532. The SMILES string of the molecule is CC(C)N(Cc1ccccc1)Cc1c(N)cccc1Br. The van der Waals surface area contributed by atoms with Crippen molar-refractivity contribution in [1.82, 2.24) is 4.90 Å². The Morgan fingerprint density at radius 2 is 1.70 bits per heavy atom. The highest BCUT2D eigenvalue weighted by molar-refractivity contribution is 9.10. The fraction of sp³-hybridized carbons (Fsp3) is 0.294. The second-order valence-electron chi connectivity index (χ2n) is 5.29. The summed E-state index contributed by atoms with van der Waals surface area (Å²) in [6.07, 6.45) is 0. The van der Waals surface area contributed by atoms with Gasteiger partial charge in [-0.15, -0.1) is 0 Å². The predicted molar refractivity (Wildman–Crippen MR) is 89.4 cm³/mol. The Morgan fingerprint density at radius 1 is 1.00 bits per heavy atom. The largest absolute Gasteiger partial charge is 0.398 e. The quantitative estimate of drug-likeness (QED) is 0.820. The zero-order valence-electron chi connectivity index (χ0n) is 12.0. The standard InChI is InChI=1S/C17H21BrN2/c1-13(2)20(11-14-7-4-3-5-8-14)12-15-16(18)9-6-10-17(15)19/h3-10,13H,11-12,19H2,1-2H3. The van der Waals surface area contributed by atoms with Crippen molar-refractivity contribution >= 4 is 21.6 Å². The first-order chi connectivity index (χ1) is 9.58. The topological polar surface area (TPSA) is 29.3 Å². The highest BCUT2D eigenvalue weighted by Gasteiger charge is 2.14. The predicted octanol–water partition coefficient (Wildman–Crippen LogP) is 4.44. The van der Waals surface area contributed by atoms with E-state index in [-0.39, 0.29) is 0 Å². The van der Waals surface area contributed by atoms with Crippen LogP contribution in [0, 0.1) is 0 Å². The van der Waals surface area contributed by atoms with Gasteiger partial charge in [-0.25, -0.2) is 0 Å². The van der Waals surface area contributed by atoms with Crippen molar-refractivity contribution in [1.29, 1.82) is 0 Å². The third-order valence-electron chi connectivity index (χ3n) is 3.48. The third-order valence-corrected chi connectivity index (χ3v) is 4.22. The van der Waals surface area contributed by atoms with Gasteiger partial charge >= 0.3 is 0 Å². The van der Waals surface area contributed by atoms with Crippen molar-refractivity contribution in [2.45, 2.75) is 33.0 Å². The fourth-order valence-corrected chi connectivity index (χ4v) is 2.69. The van der Waals surface area contributed by atoms with Crippen LogP contribution in [-0.2, 0) is 13.1 Å². The third kappa shape index (κ3) is 3.84. The molecule has 0 heterocycles. The van der Waals surface area contributed by atoms with Crippen LogP contribution < -0.4 is 5.73 Å². The molecule has 0 saturated carbocycles. The maximum atomic E-state index is 6.11. The summed E-state index contributed by atoms with van der Waals surface area (Å²) in [7, 11) is 0. The van der Waals surface area contributed by atoms with Crippen LogP contribution in [0.15, 0.2) is 53.0 Å². The van der Waals surface area contributed by atoms with Gasteiger partial charge in [-0.2, -0.15) is 0 Å². The van der Waals surface area contributed by atoms with Crippen molar-refractivity contribution in [3.63, 3.8) is 0 Å². The van der Waals surface area contributed by atoms with Crippen LogP contribution in [0.25, 0.3) is 0 Å². The van der Waals surface area contributed by atoms with Gasteiger partial charge in [0.05, 0.1) is 0 Å². The second-order valence-corrected chi connectivity index (χ2v) is 6.15. The minimum Gasteiger partial charge on any atom is -0.398 e. The minimum atomic E-state index is 0.460. The molecule has 0 aliphatic rings. The van der Waals surface area contributed by atoms with Gasteiger partial charge in [0.15, 0.2) is 0 Å². The van der Waals surface area contributed by atoms with E-state index in [9.17, 15) is 0 Å². The monoisotopic (exact) mass is 332 g/mol. The van der Waals surface area contributed by atoms with Crippen molar-refractivity contribution in [3.8, 4) is 0 Å². The molecule has 0 saturated heterocycles. The van der Waals surface area contributed by atoms with Gasteiger partial charge in [0.2, 0.25) is 0 Å². The zero-order valence-corrected chi connectivity index (χ0v) is 13.6. The minimum absolute atomic E-state index is 0.460. The molecule has 3 heteroatoms. The van der Waals surface area contributed by atoms with E-state index in [4.69, 9.17) is 5.73 Å². The Labute approximate surface area is 129 Å². The first kappa shape index (κ1) is 15.1. The summed E-state index contributed by atoms with van der Waals surface area (Å²) in [4.78, 5) is 2.42. The van der Waals surface area contributed by atoms with Gasteiger partial charge < -0.3 is 5.73 Å². The van der Waals surface area contributed by atoms with Gasteiger partial charge in [0.1, 0.15) is 0 Å². The van der Waals surface area contributed by atoms with Crippen LogP contribution in [0.5, 0.6) is 0 Å². The number of nitrogens with zero attached hydrogens (tertiary/aromatic N) is 1. The molecule has 0 aliphatic heterocycles. The molecule has 106 valence electrons. The van der Waals surface area contributed by atoms with Crippen LogP contribution in [0.1, 0.15) is 25.0 Å². The molecule has 0 bridgehead atoms. The van der Waals surface area contributed by atoms with Crippen molar-refractivity contribution in [3.05, 3.63) is 64.1 Å². The molecule has 2 N–H and O–H groups in total. The van der Waals surface area contributed by atoms with Crippen LogP contribution >= 0.6 is 15.9 Å². The number of hydrogen-bond donors (Lipinski definition) is 1. The Morgan fingerprint density at radius 3 is 2.30 bits per heavy atom. The molecule has 0 radical (unpaired) electrons. The molecule has 0 fully saturated rings. The molecule has 2 aromatic carbocycles. The molecule has 2 aromatic rings. The van der Waals surface area contributed by atoms with Crippen molar-refractivity contribution in [2.24, 2.45) is 0 Å². The molecular formula is C17H21BrN2. The maximum absolute atomic E-state index is 6.11. The molecule has 0 aliphatic carbocycles. The van der Waals surface area contributed by atoms with Crippen LogP contribution in [-0.4, -0.2) is 10.9 Å². The van der Waals surface area contributed by atoms with E-state index in [2.05, 4.69) is 65.0 Å². The van der Waals surface area contributed by atoms with Crippen LogP contribution in [0.3, 0.4) is 0 Å². The smallest absolute Gasteiger partial charge is 0.0371 e. The lowest BCUT2D eigenvalue weighted by Gasteiger charge is -2.27. The van der Waals surface area contributed by atoms with E-state index in [1.165, 1.54) is 5.56 Å². The molecule has 2 nitrogen and oxygen atoms in total. The summed E-state index contributed by atoms with van der Waals surface area (Å²) in [5.74, 6) is 0. The van der Waals surface area contributed by atoms with Crippen LogP contribution in [0.2, 0.25) is 0 Å². The average Bonchev–Trinajstić information content (AvgIpc) is 2.42. The lowest BCUT2D eigenvalue weighted by Crippen LogP contribution is -2.30. The molecule has 0 unspecified atom stereocenters. The van der Waals surface area contributed by atoms with E-state index in [1.54, 1.807) is 0 Å². The number of halogens is 1. The summed E-state index contributed by atoms with van der Waals surface area (Å²) in [6, 6.07) is 17.0. The molecule has 0 spiro atoms. The summed E-state index contributed by atoms with van der Waals surface area (Å²) in [5.41, 5.74) is 9.44. The van der Waals surface area contributed by atoms with E-state index in [0.717, 1.165) is 28.8 Å². The maximum Gasteiger partial charge on any atom is 0.0371 e. The Hall–Kier alpha value is -1.32. The van der Waals surface area contributed by atoms with E-state index < -0.39 is 0 Å². The molecular weight excluding hydrogens is 312 g/mol. The Kier molecular flexibility index (Phi) is 5.21. The lowest BCUT2D eigenvalue weighted by atomic mass is 10.1. The number of hydrogen-bond acceptors (Lipinski definition) is 2. The summed E-state index contributed by atoms with van der Waals surface area (Å²) < 4.78 is 1.08. The highest BCUT2D eigenvalue weighted by Crippen LogP contribution is 2.25. The average molecular weight is 333 g/mol. The van der Waals surface area contributed by atoms with Crippen molar-refractivity contribution in [2.75, 3.05) is 5.73 Å². The first-order valence-corrected chi connectivity index (χ1v) is 7.68. The molecule has 0 aromatic heterocycles. The van der Waals surface area contributed by atoms with Gasteiger partial charge in [0, 0.05) is 34.9 Å². The molecule has 2 rings (SSSR count). The number of rotatable bonds is 5. The van der Waals surface area contributed by atoms with E-state index in [1.807, 2.05) is 18.2 Å². The fourth-order valence-electron chi connectivity index (χ4n) is 2.18. The zero-order chi connectivity index (χ0) is 14.5. The van der Waals surface area contributed by atoms with Gasteiger partial charge in [-0.3, -0.25) is 4.90 Å². The van der Waals surface area contributed by atoms with Crippen molar-refractivity contribution < 1.29 is 0 Å². The van der Waals surface area contributed by atoms with Crippen LogP contribution in [0.4, 0.5) is 5.69 Å². The first-order valence-electron chi connectivity index (χ1n) is 6.88. The Balaban J connectivity index is 2.18. The van der Waals surface area contributed by atoms with E-state index >= 15 is 0 Å². The number of benzene rings is 2. The molecule has 0 amide bonds. The van der Waals surface area contributed by atoms with E-state index in [0.29, 0.717) is 6.04 Å². The second kappa shape index (κ2) is 6.91. The number of anilines is 1. The van der Waals surface area contributed by atoms with Gasteiger partial charge in [-0.05, 0) is 31.5 Å². The summed E-state index contributed by atoms with van der Waals surface area (Å²) in [6.45, 7) is 6.21. The lowest BCUT2D eigenvalue weighted by molar-refractivity contribution is 0.203. The molecule has 20 heavy (non-hydrogen) atoms. The highest BCUT2D eigenvalue weighted by atomic mass is 79.9. The molecule has 0 atom stereocenters. The van der Waals surface area contributed by atoms with Gasteiger partial charge in [0.25, 0.3) is 0 Å². The summed E-state index contributed by atoms with van der Waals surface area (Å²) >= 11 is 3.60.